The normalized spacial score (nSPS) is 11.9. The highest BCUT2D eigenvalue weighted by Gasteiger charge is 2.23. The SMILES string of the molecule is CCN(CC)S(=O)(=O)c1ccc(NC(=O)c2ccccc2NS(=O)(=O)c2ccc(F)cc2C)cc1. The molecule has 0 aliphatic carbocycles. The molecular formula is C24H26FN3O5S2. The van der Waals surface area contributed by atoms with Gasteiger partial charge in [0.2, 0.25) is 10.0 Å². The molecule has 0 atom stereocenters. The first-order valence-electron chi connectivity index (χ1n) is 10.8. The summed E-state index contributed by atoms with van der Waals surface area (Å²) in [5.41, 5.74) is 0.643. The number of hydrogen-bond donors (Lipinski definition) is 2. The van der Waals surface area contributed by atoms with Crippen LogP contribution in [-0.4, -0.2) is 40.1 Å². The summed E-state index contributed by atoms with van der Waals surface area (Å²) in [7, 11) is -7.73. The molecule has 0 heterocycles. The number of benzene rings is 3. The van der Waals surface area contributed by atoms with E-state index in [0.717, 1.165) is 18.2 Å². The minimum atomic E-state index is -4.09. The van der Waals surface area contributed by atoms with Crippen molar-refractivity contribution in [1.29, 1.82) is 0 Å². The predicted octanol–water partition coefficient (Wildman–Crippen LogP) is 4.22. The first kappa shape index (κ1) is 26.3. The topological polar surface area (TPSA) is 113 Å². The smallest absolute Gasteiger partial charge is 0.262 e. The number of rotatable bonds is 9. The molecule has 0 spiro atoms. The Labute approximate surface area is 204 Å². The molecule has 1 amide bonds. The van der Waals surface area contributed by atoms with Crippen molar-refractivity contribution in [3.8, 4) is 0 Å². The van der Waals surface area contributed by atoms with Crippen LogP contribution in [0.1, 0.15) is 29.8 Å². The lowest BCUT2D eigenvalue weighted by Gasteiger charge is -2.18. The van der Waals surface area contributed by atoms with Crippen LogP contribution in [0.2, 0.25) is 0 Å². The molecule has 0 aliphatic rings. The molecule has 0 saturated carbocycles. The predicted molar refractivity (Wildman–Crippen MR) is 133 cm³/mol. The maximum atomic E-state index is 13.4. The van der Waals surface area contributed by atoms with Crippen LogP contribution >= 0.6 is 0 Å². The molecular weight excluding hydrogens is 493 g/mol. The van der Waals surface area contributed by atoms with Crippen molar-refractivity contribution >= 4 is 37.3 Å². The third kappa shape index (κ3) is 5.87. The summed E-state index contributed by atoms with van der Waals surface area (Å²) in [6.07, 6.45) is 0. The number of amides is 1. The van der Waals surface area contributed by atoms with Crippen LogP contribution in [-0.2, 0) is 20.0 Å². The van der Waals surface area contributed by atoms with E-state index in [4.69, 9.17) is 0 Å². The maximum Gasteiger partial charge on any atom is 0.262 e. The zero-order valence-electron chi connectivity index (χ0n) is 19.4. The Hall–Kier alpha value is -3.28. The van der Waals surface area contributed by atoms with E-state index in [1.54, 1.807) is 26.0 Å². The van der Waals surface area contributed by atoms with Crippen molar-refractivity contribution in [1.82, 2.24) is 4.31 Å². The van der Waals surface area contributed by atoms with Gasteiger partial charge in [-0.2, -0.15) is 4.31 Å². The maximum absolute atomic E-state index is 13.4. The van der Waals surface area contributed by atoms with Gasteiger partial charge in [0, 0.05) is 18.8 Å². The van der Waals surface area contributed by atoms with Crippen LogP contribution in [0.5, 0.6) is 0 Å². The molecule has 2 N–H and O–H groups in total. The number of sulfonamides is 2. The fourth-order valence-electron chi connectivity index (χ4n) is 3.51. The Bertz CT molecular complexity index is 1440. The highest BCUT2D eigenvalue weighted by Crippen LogP contribution is 2.24. The summed E-state index contributed by atoms with van der Waals surface area (Å²) in [6, 6.07) is 15.1. The lowest BCUT2D eigenvalue weighted by Crippen LogP contribution is -2.30. The van der Waals surface area contributed by atoms with Gasteiger partial charge in [0.25, 0.3) is 15.9 Å². The molecule has 0 aromatic heterocycles. The fourth-order valence-corrected chi connectivity index (χ4v) is 6.27. The standard InChI is InChI=1S/C24H26FN3O5S2/c1-4-28(5-2)35(32,33)20-13-11-19(12-14-20)26-24(29)21-8-6-7-9-22(21)27-34(30,31)23-15-10-18(25)16-17(23)3/h6-16,27H,4-5H2,1-3H3,(H,26,29). The van der Waals surface area contributed by atoms with E-state index in [9.17, 15) is 26.0 Å². The van der Waals surface area contributed by atoms with Gasteiger partial charge >= 0.3 is 0 Å². The number of halogens is 1. The van der Waals surface area contributed by atoms with Crippen molar-refractivity contribution < 1.29 is 26.0 Å². The van der Waals surface area contributed by atoms with E-state index in [1.165, 1.54) is 47.6 Å². The Kier molecular flexibility index (Phi) is 7.93. The minimum absolute atomic E-state index is 0.0365. The van der Waals surface area contributed by atoms with Crippen LogP contribution in [0, 0.1) is 12.7 Å². The molecule has 3 aromatic rings. The summed E-state index contributed by atoms with van der Waals surface area (Å²) < 4.78 is 68.1. The molecule has 3 rings (SSSR count). The van der Waals surface area contributed by atoms with E-state index in [0.29, 0.717) is 18.8 Å². The Morgan fingerprint density at radius 3 is 2.14 bits per heavy atom. The van der Waals surface area contributed by atoms with Crippen molar-refractivity contribution in [3.05, 3.63) is 83.7 Å². The van der Waals surface area contributed by atoms with Crippen molar-refractivity contribution in [2.45, 2.75) is 30.6 Å². The second kappa shape index (κ2) is 10.5. The number of aryl methyl sites for hydroxylation is 1. The second-order valence-electron chi connectivity index (χ2n) is 7.63. The summed E-state index contributed by atoms with van der Waals surface area (Å²) in [5.74, 6) is -1.16. The molecule has 0 fully saturated rings. The number of carbonyl (C=O) groups excluding carboxylic acids is 1. The molecule has 0 aliphatic heterocycles. The van der Waals surface area contributed by atoms with E-state index >= 15 is 0 Å². The van der Waals surface area contributed by atoms with Gasteiger partial charge in [-0.25, -0.2) is 21.2 Å². The van der Waals surface area contributed by atoms with Crippen LogP contribution in [0.15, 0.2) is 76.5 Å². The summed E-state index contributed by atoms with van der Waals surface area (Å²) >= 11 is 0. The number of carbonyl (C=O) groups is 1. The van der Waals surface area contributed by atoms with E-state index in [1.807, 2.05) is 0 Å². The molecule has 3 aromatic carbocycles. The number of anilines is 2. The van der Waals surface area contributed by atoms with E-state index in [2.05, 4.69) is 10.0 Å². The second-order valence-corrected chi connectivity index (χ2v) is 11.2. The van der Waals surface area contributed by atoms with Gasteiger partial charge in [-0.3, -0.25) is 9.52 Å². The van der Waals surface area contributed by atoms with Crippen LogP contribution in [0.3, 0.4) is 0 Å². The first-order chi connectivity index (χ1) is 16.5. The Balaban J connectivity index is 1.83. The summed E-state index contributed by atoms with van der Waals surface area (Å²) in [4.78, 5) is 12.9. The molecule has 0 saturated heterocycles. The summed E-state index contributed by atoms with van der Waals surface area (Å²) in [6.45, 7) is 5.64. The number of hydrogen-bond acceptors (Lipinski definition) is 5. The number of para-hydroxylation sites is 1. The molecule has 8 nitrogen and oxygen atoms in total. The van der Waals surface area contributed by atoms with Gasteiger partial charge in [-0.15, -0.1) is 0 Å². The zero-order valence-corrected chi connectivity index (χ0v) is 21.1. The monoisotopic (exact) mass is 519 g/mol. The van der Waals surface area contributed by atoms with E-state index in [-0.39, 0.29) is 26.6 Å². The Morgan fingerprint density at radius 2 is 1.54 bits per heavy atom. The van der Waals surface area contributed by atoms with Crippen molar-refractivity contribution in [3.63, 3.8) is 0 Å². The van der Waals surface area contributed by atoms with Gasteiger partial charge < -0.3 is 5.32 Å². The van der Waals surface area contributed by atoms with Gasteiger partial charge in [0.1, 0.15) is 5.82 Å². The quantitative estimate of drug-likeness (QED) is 0.440. The third-order valence-corrected chi connectivity index (χ3v) is 8.89. The first-order valence-corrected chi connectivity index (χ1v) is 13.7. The molecule has 0 unspecified atom stereocenters. The lowest BCUT2D eigenvalue weighted by molar-refractivity contribution is 0.102. The van der Waals surface area contributed by atoms with Gasteiger partial charge in [-0.1, -0.05) is 26.0 Å². The van der Waals surface area contributed by atoms with Crippen LogP contribution in [0.25, 0.3) is 0 Å². The van der Waals surface area contributed by atoms with Crippen LogP contribution < -0.4 is 10.0 Å². The van der Waals surface area contributed by atoms with Crippen molar-refractivity contribution in [2.24, 2.45) is 0 Å². The number of nitrogens with zero attached hydrogens (tertiary/aromatic N) is 1. The Morgan fingerprint density at radius 1 is 0.914 bits per heavy atom. The average Bonchev–Trinajstić information content (AvgIpc) is 2.80. The molecule has 186 valence electrons. The third-order valence-electron chi connectivity index (χ3n) is 5.30. The van der Waals surface area contributed by atoms with Crippen LogP contribution in [0.4, 0.5) is 15.8 Å². The zero-order chi connectivity index (χ0) is 25.8. The highest BCUT2D eigenvalue weighted by molar-refractivity contribution is 7.92. The molecule has 35 heavy (non-hydrogen) atoms. The van der Waals surface area contributed by atoms with Gasteiger partial charge in [0.15, 0.2) is 0 Å². The van der Waals surface area contributed by atoms with Gasteiger partial charge in [-0.05, 0) is 67.1 Å². The summed E-state index contributed by atoms with van der Waals surface area (Å²) in [5, 5.41) is 2.65. The fraction of sp³-hybridized carbons (Fsp3) is 0.208. The highest BCUT2D eigenvalue weighted by atomic mass is 32.2. The number of nitrogens with one attached hydrogen (secondary N) is 2. The largest absolute Gasteiger partial charge is 0.322 e. The average molecular weight is 520 g/mol. The lowest BCUT2D eigenvalue weighted by atomic mass is 10.1. The van der Waals surface area contributed by atoms with Gasteiger partial charge in [0.05, 0.1) is 21.0 Å². The van der Waals surface area contributed by atoms with Crippen molar-refractivity contribution in [2.75, 3.05) is 23.1 Å². The molecule has 11 heteroatoms. The minimum Gasteiger partial charge on any atom is -0.322 e. The molecule has 0 radical (unpaired) electrons. The molecule has 0 bridgehead atoms. The van der Waals surface area contributed by atoms with E-state index < -0.39 is 31.8 Å².